The Balaban J connectivity index is 1.33. The number of aromatic nitrogens is 7. The second-order valence-electron chi connectivity index (χ2n) is 9.69. The Bertz CT molecular complexity index is 1560. The maximum absolute atomic E-state index is 13.5. The van der Waals surface area contributed by atoms with Crippen LogP contribution < -0.4 is 9.80 Å². The first kappa shape index (κ1) is 23.1. The molecule has 10 nitrogen and oxygen atoms in total. The summed E-state index contributed by atoms with van der Waals surface area (Å²) in [4.78, 5) is 29.4. The third kappa shape index (κ3) is 3.95. The molecule has 0 saturated carbocycles. The van der Waals surface area contributed by atoms with Crippen molar-refractivity contribution in [1.29, 1.82) is 0 Å². The summed E-state index contributed by atoms with van der Waals surface area (Å²) in [7, 11) is 0. The zero-order valence-corrected chi connectivity index (χ0v) is 20.6. The van der Waals surface area contributed by atoms with Crippen molar-refractivity contribution in [3.63, 3.8) is 0 Å². The van der Waals surface area contributed by atoms with E-state index in [9.17, 15) is 8.78 Å². The third-order valence-corrected chi connectivity index (χ3v) is 7.48. The summed E-state index contributed by atoms with van der Waals surface area (Å²) < 4.78 is 34.6. The summed E-state index contributed by atoms with van der Waals surface area (Å²) >= 11 is 0. The number of fused-ring (bicyclic) bond motifs is 2. The smallest absolute Gasteiger partial charge is 0.295 e. The molecule has 0 unspecified atom stereocenters. The molecule has 1 aromatic carbocycles. The van der Waals surface area contributed by atoms with Crippen LogP contribution in [-0.4, -0.2) is 73.9 Å². The number of H-pyrrole nitrogens is 2. The zero-order chi connectivity index (χ0) is 25.6. The van der Waals surface area contributed by atoms with Gasteiger partial charge in [0, 0.05) is 44.0 Å². The first-order valence-corrected chi connectivity index (χ1v) is 12.9. The van der Waals surface area contributed by atoms with Gasteiger partial charge in [0.2, 0.25) is 5.95 Å². The molecule has 38 heavy (non-hydrogen) atoms. The van der Waals surface area contributed by atoms with Gasteiger partial charge in [-0.1, -0.05) is 12.1 Å². The topological polar surface area (TPSA) is 104 Å². The Labute approximate surface area is 216 Å². The van der Waals surface area contributed by atoms with Crippen molar-refractivity contribution in [2.45, 2.75) is 25.3 Å². The number of morpholine rings is 1. The Kier molecular flexibility index (Phi) is 5.68. The van der Waals surface area contributed by atoms with E-state index in [0.29, 0.717) is 60.1 Å². The number of anilines is 2. The van der Waals surface area contributed by atoms with Gasteiger partial charge in [0.15, 0.2) is 11.5 Å². The minimum Gasteiger partial charge on any atom is -0.378 e. The number of imidazole rings is 2. The molecule has 12 heteroatoms. The van der Waals surface area contributed by atoms with Gasteiger partial charge in [-0.25, -0.2) is 23.7 Å². The average Bonchev–Trinajstić information content (AvgIpc) is 3.73. The Morgan fingerprint density at radius 2 is 1.76 bits per heavy atom. The number of piperidine rings is 1. The lowest BCUT2D eigenvalue weighted by molar-refractivity contribution is 0.122. The number of hydrogen-bond acceptors (Lipinski definition) is 7. The van der Waals surface area contributed by atoms with Crippen molar-refractivity contribution in [2.75, 3.05) is 49.2 Å². The fourth-order valence-electron chi connectivity index (χ4n) is 5.51. The van der Waals surface area contributed by atoms with Crippen LogP contribution in [0.5, 0.6) is 0 Å². The van der Waals surface area contributed by atoms with Crippen LogP contribution in [0.2, 0.25) is 0 Å². The number of halogens is 2. The molecule has 0 atom stereocenters. The van der Waals surface area contributed by atoms with Crippen molar-refractivity contribution < 1.29 is 13.5 Å². The number of aromatic amines is 2. The first-order chi connectivity index (χ1) is 18.7. The SMILES string of the molecule is FC(F)c1nc2c(-c3nc(N4CCOCC4)nc4c3ncn4C3CCN(c4ccc[nH]4)CC3)cccc2[nH]1. The minimum absolute atomic E-state index is 0.234. The molecule has 7 rings (SSSR count). The van der Waals surface area contributed by atoms with E-state index in [-0.39, 0.29) is 11.9 Å². The number of alkyl halides is 2. The summed E-state index contributed by atoms with van der Waals surface area (Å²) in [5, 5.41) is 0. The predicted octanol–water partition coefficient (Wildman–Crippen LogP) is 4.31. The first-order valence-electron chi connectivity index (χ1n) is 12.9. The normalized spacial score (nSPS) is 17.3. The van der Waals surface area contributed by atoms with Crippen LogP contribution in [0.1, 0.15) is 31.1 Å². The highest BCUT2D eigenvalue weighted by Gasteiger charge is 2.27. The van der Waals surface area contributed by atoms with Crippen molar-refractivity contribution >= 4 is 34.0 Å². The molecule has 0 radical (unpaired) electrons. The van der Waals surface area contributed by atoms with Gasteiger partial charge in [0.1, 0.15) is 17.0 Å². The number of ether oxygens (including phenoxy) is 1. The summed E-state index contributed by atoms with van der Waals surface area (Å²) in [6.45, 7) is 4.38. The maximum atomic E-state index is 13.5. The minimum atomic E-state index is -2.69. The molecule has 2 aliphatic heterocycles. The van der Waals surface area contributed by atoms with Gasteiger partial charge in [0.05, 0.1) is 30.6 Å². The van der Waals surface area contributed by atoms with E-state index >= 15 is 0 Å². The molecule has 2 fully saturated rings. The van der Waals surface area contributed by atoms with Gasteiger partial charge >= 0.3 is 0 Å². The van der Waals surface area contributed by atoms with E-state index in [1.165, 1.54) is 0 Å². The number of rotatable bonds is 5. The highest BCUT2D eigenvalue weighted by molar-refractivity contribution is 5.99. The molecule has 2 saturated heterocycles. The van der Waals surface area contributed by atoms with Crippen molar-refractivity contribution in [2.24, 2.45) is 0 Å². The highest BCUT2D eigenvalue weighted by atomic mass is 19.3. The van der Waals surface area contributed by atoms with E-state index < -0.39 is 6.43 Å². The molecular formula is C26H27F2N9O. The van der Waals surface area contributed by atoms with Gasteiger partial charge in [0.25, 0.3) is 6.43 Å². The van der Waals surface area contributed by atoms with Crippen molar-refractivity contribution in [3.8, 4) is 11.3 Å². The molecule has 6 heterocycles. The summed E-state index contributed by atoms with van der Waals surface area (Å²) in [5.74, 6) is 1.36. The van der Waals surface area contributed by atoms with Gasteiger partial charge in [-0.05, 0) is 31.0 Å². The highest BCUT2D eigenvalue weighted by Crippen LogP contribution is 2.35. The van der Waals surface area contributed by atoms with Gasteiger partial charge in [-0.15, -0.1) is 0 Å². The van der Waals surface area contributed by atoms with Gasteiger partial charge < -0.3 is 29.1 Å². The predicted molar refractivity (Wildman–Crippen MR) is 140 cm³/mol. The standard InChI is InChI=1S/C26H27F2N9O/c27-23(28)24-31-18-4-1-3-17(20(18)32-24)21-22-25(34-26(33-21)36-11-13-38-14-12-36)37(15-30-22)16-6-9-35(10-7-16)19-5-2-8-29-19/h1-5,8,15-16,23,29H,6-7,9-14H2,(H,31,32). The summed E-state index contributed by atoms with van der Waals surface area (Å²) in [5.41, 5.74) is 3.62. The van der Waals surface area contributed by atoms with Crippen molar-refractivity contribution in [3.05, 3.63) is 48.7 Å². The lowest BCUT2D eigenvalue weighted by atomic mass is 10.0. The molecule has 196 valence electrons. The number of nitrogens with one attached hydrogen (secondary N) is 2. The molecule has 0 spiro atoms. The molecule has 4 aromatic heterocycles. The zero-order valence-electron chi connectivity index (χ0n) is 20.6. The average molecular weight is 520 g/mol. The Morgan fingerprint density at radius 3 is 2.53 bits per heavy atom. The molecule has 5 aromatic rings. The lowest BCUT2D eigenvalue weighted by Gasteiger charge is -2.33. The molecular weight excluding hydrogens is 492 g/mol. The number of nitrogens with zero attached hydrogens (tertiary/aromatic N) is 7. The summed E-state index contributed by atoms with van der Waals surface area (Å²) in [6, 6.07) is 9.77. The van der Waals surface area contributed by atoms with Crippen LogP contribution in [0, 0.1) is 0 Å². The van der Waals surface area contributed by atoms with Crippen molar-refractivity contribution in [1.82, 2.24) is 34.5 Å². The lowest BCUT2D eigenvalue weighted by Crippen LogP contribution is -2.37. The second kappa shape index (κ2) is 9.35. The molecule has 2 aliphatic rings. The monoisotopic (exact) mass is 519 g/mol. The molecule has 0 bridgehead atoms. The van der Waals surface area contributed by atoms with E-state index in [1.807, 2.05) is 30.7 Å². The maximum Gasteiger partial charge on any atom is 0.295 e. The van der Waals surface area contributed by atoms with Gasteiger partial charge in [-0.2, -0.15) is 4.98 Å². The fourth-order valence-corrected chi connectivity index (χ4v) is 5.51. The molecule has 2 N–H and O–H groups in total. The van der Waals surface area contributed by atoms with Crippen LogP contribution in [0.15, 0.2) is 42.9 Å². The number of hydrogen-bond donors (Lipinski definition) is 2. The Morgan fingerprint density at radius 1 is 0.921 bits per heavy atom. The number of para-hydroxylation sites is 1. The second-order valence-corrected chi connectivity index (χ2v) is 9.69. The molecule has 0 amide bonds. The number of benzene rings is 1. The van der Waals surface area contributed by atoms with Crippen LogP contribution in [-0.2, 0) is 4.74 Å². The van der Waals surface area contributed by atoms with Crippen LogP contribution >= 0.6 is 0 Å². The van der Waals surface area contributed by atoms with E-state index in [0.717, 1.165) is 37.4 Å². The summed E-state index contributed by atoms with van der Waals surface area (Å²) in [6.07, 6.45) is 2.99. The van der Waals surface area contributed by atoms with E-state index in [4.69, 9.17) is 19.7 Å². The third-order valence-electron chi connectivity index (χ3n) is 7.48. The quantitative estimate of drug-likeness (QED) is 0.357. The van der Waals surface area contributed by atoms with Gasteiger partial charge in [-0.3, -0.25) is 0 Å². The van der Waals surface area contributed by atoms with E-state index in [2.05, 4.69) is 35.4 Å². The molecule has 0 aliphatic carbocycles. The van der Waals surface area contributed by atoms with Crippen LogP contribution in [0.4, 0.5) is 20.5 Å². The fraction of sp³-hybridized carbons (Fsp3) is 0.385. The largest absolute Gasteiger partial charge is 0.378 e. The van der Waals surface area contributed by atoms with Crippen LogP contribution in [0.25, 0.3) is 33.5 Å². The van der Waals surface area contributed by atoms with E-state index in [1.54, 1.807) is 6.07 Å². The van der Waals surface area contributed by atoms with Crippen LogP contribution in [0.3, 0.4) is 0 Å². The Hall–Kier alpha value is -4.06.